The van der Waals surface area contributed by atoms with Gasteiger partial charge in [-0.25, -0.2) is 0 Å². The molecule has 23 heavy (non-hydrogen) atoms. The molecule has 0 saturated carbocycles. The third kappa shape index (κ3) is 5.28. The second-order valence-corrected chi connectivity index (χ2v) is 7.53. The van der Waals surface area contributed by atoms with E-state index in [1.54, 1.807) is 24.3 Å². The van der Waals surface area contributed by atoms with E-state index in [1.165, 1.54) is 11.2 Å². The monoisotopic (exact) mass is 341 g/mol. The highest BCUT2D eigenvalue weighted by Crippen LogP contribution is 2.14. The number of hydrogen-bond acceptors (Lipinski definition) is 4. The van der Waals surface area contributed by atoms with Gasteiger partial charge in [-0.1, -0.05) is 12.1 Å². The molecule has 2 N–H and O–H groups in total. The standard InChI is InChI=1S/C15H23N3O4S/c1-11-9-18(10-12(2)22-11)23(20,21)16-8-14-4-6-15(7-5-14)17-13(3)19/h4-7,11-12,16H,8-10H2,1-3H3,(H,17,19). The number of nitrogens with one attached hydrogen (secondary N) is 2. The molecule has 0 aromatic heterocycles. The lowest BCUT2D eigenvalue weighted by Crippen LogP contribution is -2.51. The normalized spacial score (nSPS) is 22.7. The van der Waals surface area contributed by atoms with Gasteiger partial charge in [0.05, 0.1) is 12.2 Å². The van der Waals surface area contributed by atoms with Gasteiger partial charge in [-0.05, 0) is 31.5 Å². The van der Waals surface area contributed by atoms with E-state index in [2.05, 4.69) is 10.0 Å². The molecule has 1 aromatic carbocycles. The lowest BCUT2D eigenvalue weighted by molar-refractivity contribution is -0.114. The number of ether oxygens (including phenoxy) is 1. The van der Waals surface area contributed by atoms with Gasteiger partial charge in [0.1, 0.15) is 0 Å². The summed E-state index contributed by atoms with van der Waals surface area (Å²) in [5.74, 6) is -0.144. The number of benzene rings is 1. The molecule has 1 fully saturated rings. The van der Waals surface area contributed by atoms with Crippen molar-refractivity contribution in [2.24, 2.45) is 0 Å². The van der Waals surface area contributed by atoms with Crippen LogP contribution >= 0.6 is 0 Å². The Kier molecular flexibility index (Phi) is 5.74. The predicted molar refractivity (Wildman–Crippen MR) is 88.1 cm³/mol. The fourth-order valence-electron chi connectivity index (χ4n) is 2.50. The minimum absolute atomic E-state index is 0.118. The average Bonchev–Trinajstić information content (AvgIpc) is 2.45. The summed E-state index contributed by atoms with van der Waals surface area (Å²) in [7, 11) is -3.54. The van der Waals surface area contributed by atoms with Crippen molar-refractivity contribution in [2.45, 2.75) is 39.5 Å². The smallest absolute Gasteiger partial charge is 0.279 e. The molecule has 7 nitrogen and oxygen atoms in total. The summed E-state index contributed by atoms with van der Waals surface area (Å²) in [6.45, 7) is 6.05. The Labute approximate surface area is 137 Å². The number of hydrogen-bond donors (Lipinski definition) is 2. The van der Waals surface area contributed by atoms with Crippen LogP contribution in [0.25, 0.3) is 0 Å². The summed E-state index contributed by atoms with van der Waals surface area (Å²) in [6.07, 6.45) is -0.237. The van der Waals surface area contributed by atoms with Crippen LogP contribution in [0.3, 0.4) is 0 Å². The molecule has 8 heteroatoms. The lowest BCUT2D eigenvalue weighted by Gasteiger charge is -2.34. The van der Waals surface area contributed by atoms with Crippen molar-refractivity contribution >= 4 is 21.8 Å². The van der Waals surface area contributed by atoms with Gasteiger partial charge in [-0.15, -0.1) is 0 Å². The van der Waals surface area contributed by atoms with Gasteiger partial charge < -0.3 is 10.1 Å². The summed E-state index contributed by atoms with van der Waals surface area (Å²) in [4.78, 5) is 11.0. The Hall–Kier alpha value is -1.48. The topological polar surface area (TPSA) is 87.7 Å². The van der Waals surface area contributed by atoms with Gasteiger partial charge in [0.25, 0.3) is 10.2 Å². The van der Waals surface area contributed by atoms with Crippen molar-refractivity contribution in [1.82, 2.24) is 9.03 Å². The van der Waals surface area contributed by atoms with Crippen LogP contribution < -0.4 is 10.0 Å². The summed E-state index contributed by atoms with van der Waals surface area (Å²) in [6, 6.07) is 7.03. The van der Waals surface area contributed by atoms with E-state index < -0.39 is 10.2 Å². The molecule has 128 valence electrons. The van der Waals surface area contributed by atoms with E-state index in [0.29, 0.717) is 18.8 Å². The van der Waals surface area contributed by atoms with Crippen LogP contribution in [0.2, 0.25) is 0 Å². The van der Waals surface area contributed by atoms with Crippen LogP contribution in [0.4, 0.5) is 5.69 Å². The molecule has 1 saturated heterocycles. The molecular weight excluding hydrogens is 318 g/mol. The third-order valence-electron chi connectivity index (χ3n) is 3.46. The van der Waals surface area contributed by atoms with Crippen LogP contribution in [0, 0.1) is 0 Å². The molecule has 1 amide bonds. The van der Waals surface area contributed by atoms with Crippen LogP contribution in [0.5, 0.6) is 0 Å². The Morgan fingerprint density at radius 2 is 1.78 bits per heavy atom. The Bertz CT molecular complexity index is 635. The predicted octanol–water partition coefficient (Wildman–Crippen LogP) is 1.09. The maximum atomic E-state index is 12.4. The fraction of sp³-hybridized carbons (Fsp3) is 0.533. The molecule has 1 aromatic rings. The molecular formula is C15H23N3O4S. The minimum atomic E-state index is -3.54. The van der Waals surface area contributed by atoms with Crippen LogP contribution in [-0.4, -0.2) is 43.9 Å². The van der Waals surface area contributed by atoms with Crippen molar-refractivity contribution in [3.8, 4) is 0 Å². The molecule has 1 aliphatic rings. The highest BCUT2D eigenvalue weighted by molar-refractivity contribution is 7.87. The molecule has 0 bridgehead atoms. The number of carbonyl (C=O) groups excluding carboxylic acids is 1. The Morgan fingerprint density at radius 3 is 2.30 bits per heavy atom. The second kappa shape index (κ2) is 7.39. The van der Waals surface area contributed by atoms with Crippen molar-refractivity contribution in [2.75, 3.05) is 18.4 Å². The number of rotatable bonds is 5. The number of anilines is 1. The number of carbonyl (C=O) groups is 1. The maximum Gasteiger partial charge on any atom is 0.279 e. The zero-order chi connectivity index (χ0) is 17.0. The molecule has 0 radical (unpaired) electrons. The van der Waals surface area contributed by atoms with Gasteiger partial charge >= 0.3 is 0 Å². The molecule has 1 heterocycles. The largest absolute Gasteiger partial charge is 0.373 e. The summed E-state index contributed by atoms with van der Waals surface area (Å²) >= 11 is 0. The quantitative estimate of drug-likeness (QED) is 0.839. The SMILES string of the molecule is CC(=O)Nc1ccc(CNS(=O)(=O)N2CC(C)OC(C)C2)cc1. The van der Waals surface area contributed by atoms with Crippen molar-refractivity contribution < 1.29 is 17.9 Å². The Balaban J connectivity index is 1.95. The third-order valence-corrected chi connectivity index (χ3v) is 4.95. The first-order chi connectivity index (χ1) is 10.8. The first-order valence-electron chi connectivity index (χ1n) is 7.53. The fourth-order valence-corrected chi connectivity index (χ4v) is 3.85. The van der Waals surface area contributed by atoms with E-state index in [4.69, 9.17) is 4.74 Å². The van der Waals surface area contributed by atoms with Gasteiger partial charge in [-0.2, -0.15) is 17.4 Å². The first kappa shape index (κ1) is 17.9. The van der Waals surface area contributed by atoms with Crippen LogP contribution in [-0.2, 0) is 26.3 Å². The van der Waals surface area contributed by atoms with Gasteiger partial charge in [0, 0.05) is 32.2 Å². The van der Waals surface area contributed by atoms with Gasteiger partial charge in [0.15, 0.2) is 0 Å². The molecule has 0 spiro atoms. The van der Waals surface area contributed by atoms with E-state index in [9.17, 15) is 13.2 Å². The van der Waals surface area contributed by atoms with E-state index >= 15 is 0 Å². The number of nitrogens with zero attached hydrogens (tertiary/aromatic N) is 1. The van der Waals surface area contributed by atoms with Crippen molar-refractivity contribution in [1.29, 1.82) is 0 Å². The molecule has 0 aliphatic carbocycles. The summed E-state index contributed by atoms with van der Waals surface area (Å²) in [5, 5.41) is 2.67. The first-order valence-corrected chi connectivity index (χ1v) is 8.97. The zero-order valence-electron chi connectivity index (χ0n) is 13.6. The molecule has 1 aliphatic heterocycles. The maximum absolute atomic E-state index is 12.4. The van der Waals surface area contributed by atoms with E-state index in [0.717, 1.165) is 5.56 Å². The number of morpholine rings is 1. The van der Waals surface area contributed by atoms with E-state index in [1.807, 2.05) is 13.8 Å². The van der Waals surface area contributed by atoms with E-state index in [-0.39, 0.29) is 24.7 Å². The second-order valence-electron chi connectivity index (χ2n) is 5.78. The van der Waals surface area contributed by atoms with Crippen molar-refractivity contribution in [3.05, 3.63) is 29.8 Å². The van der Waals surface area contributed by atoms with Crippen LogP contribution in [0.1, 0.15) is 26.3 Å². The number of amides is 1. The molecule has 2 rings (SSSR count). The summed E-state index contributed by atoms with van der Waals surface area (Å²) in [5.41, 5.74) is 1.50. The summed E-state index contributed by atoms with van der Waals surface area (Å²) < 4.78 is 34.3. The average molecular weight is 341 g/mol. The van der Waals surface area contributed by atoms with Crippen LogP contribution in [0.15, 0.2) is 24.3 Å². The minimum Gasteiger partial charge on any atom is -0.373 e. The molecule has 2 unspecified atom stereocenters. The lowest BCUT2D eigenvalue weighted by atomic mass is 10.2. The Morgan fingerprint density at radius 1 is 1.22 bits per heavy atom. The van der Waals surface area contributed by atoms with Gasteiger partial charge in [0.2, 0.25) is 5.91 Å². The highest BCUT2D eigenvalue weighted by Gasteiger charge is 2.30. The zero-order valence-corrected chi connectivity index (χ0v) is 14.4. The highest BCUT2D eigenvalue weighted by atomic mass is 32.2. The van der Waals surface area contributed by atoms with Gasteiger partial charge in [-0.3, -0.25) is 4.79 Å². The molecule has 2 atom stereocenters. The van der Waals surface area contributed by atoms with Crippen molar-refractivity contribution in [3.63, 3.8) is 0 Å².